The molecule has 2 aromatic carbocycles. The summed E-state index contributed by atoms with van der Waals surface area (Å²) in [6.45, 7) is 7.81. The molecule has 0 aliphatic rings. The van der Waals surface area contributed by atoms with Crippen molar-refractivity contribution in [2.24, 2.45) is 0 Å². The molecule has 1 unspecified atom stereocenters. The highest BCUT2D eigenvalue weighted by molar-refractivity contribution is 5.98. The SMILES string of the molecule is CCC(C)NC(=O)c1cccc(NC(=O)CNc2ccc(C(=O)NC(C)C)cc2)c1. The van der Waals surface area contributed by atoms with Crippen molar-refractivity contribution in [3.63, 3.8) is 0 Å². The average Bonchev–Trinajstić information content (AvgIpc) is 2.72. The van der Waals surface area contributed by atoms with Gasteiger partial charge in [-0.25, -0.2) is 0 Å². The monoisotopic (exact) mass is 410 g/mol. The van der Waals surface area contributed by atoms with Gasteiger partial charge >= 0.3 is 0 Å². The zero-order valence-electron chi connectivity index (χ0n) is 17.9. The summed E-state index contributed by atoms with van der Waals surface area (Å²) in [5, 5.41) is 11.5. The fourth-order valence-corrected chi connectivity index (χ4v) is 2.62. The maximum atomic E-state index is 12.2. The average molecular weight is 411 g/mol. The Morgan fingerprint density at radius 1 is 0.833 bits per heavy atom. The number of carbonyl (C=O) groups is 3. The molecular weight excluding hydrogens is 380 g/mol. The lowest BCUT2D eigenvalue weighted by atomic mass is 10.1. The molecule has 0 radical (unpaired) electrons. The Kier molecular flexibility index (Phi) is 8.41. The number of amides is 3. The lowest BCUT2D eigenvalue weighted by Gasteiger charge is -2.13. The maximum absolute atomic E-state index is 12.2. The van der Waals surface area contributed by atoms with Crippen LogP contribution >= 0.6 is 0 Å². The summed E-state index contributed by atoms with van der Waals surface area (Å²) in [5.74, 6) is -0.539. The molecule has 0 fully saturated rings. The minimum absolute atomic E-state index is 0.0564. The number of nitrogens with one attached hydrogen (secondary N) is 4. The summed E-state index contributed by atoms with van der Waals surface area (Å²) < 4.78 is 0. The van der Waals surface area contributed by atoms with E-state index >= 15 is 0 Å². The Morgan fingerprint density at radius 3 is 2.13 bits per heavy atom. The number of anilines is 2. The predicted molar refractivity (Wildman–Crippen MR) is 120 cm³/mol. The van der Waals surface area contributed by atoms with Gasteiger partial charge in [-0.15, -0.1) is 0 Å². The van der Waals surface area contributed by atoms with E-state index < -0.39 is 0 Å². The molecule has 0 aliphatic carbocycles. The zero-order chi connectivity index (χ0) is 22.1. The minimum atomic E-state index is -0.240. The van der Waals surface area contributed by atoms with E-state index in [4.69, 9.17) is 0 Å². The second-order valence-corrected chi connectivity index (χ2v) is 7.47. The molecule has 2 rings (SSSR count). The highest BCUT2D eigenvalue weighted by Gasteiger charge is 2.10. The van der Waals surface area contributed by atoms with Crippen molar-refractivity contribution in [1.82, 2.24) is 10.6 Å². The number of carbonyl (C=O) groups excluding carboxylic acids is 3. The van der Waals surface area contributed by atoms with Gasteiger partial charge < -0.3 is 21.3 Å². The van der Waals surface area contributed by atoms with Gasteiger partial charge in [-0.2, -0.15) is 0 Å². The molecule has 0 spiro atoms. The molecule has 2 aromatic rings. The highest BCUT2D eigenvalue weighted by atomic mass is 16.2. The third-order valence-electron chi connectivity index (χ3n) is 4.42. The summed E-state index contributed by atoms with van der Waals surface area (Å²) in [7, 11) is 0. The second kappa shape index (κ2) is 11.0. The lowest BCUT2D eigenvalue weighted by molar-refractivity contribution is -0.114. The predicted octanol–water partition coefficient (Wildman–Crippen LogP) is 3.40. The molecule has 0 aromatic heterocycles. The van der Waals surface area contributed by atoms with Gasteiger partial charge in [0.25, 0.3) is 11.8 Å². The Morgan fingerprint density at radius 2 is 1.50 bits per heavy atom. The Hall–Kier alpha value is -3.35. The van der Waals surface area contributed by atoms with Gasteiger partial charge in [-0.05, 0) is 69.7 Å². The van der Waals surface area contributed by atoms with Crippen LogP contribution in [0.25, 0.3) is 0 Å². The van der Waals surface area contributed by atoms with Gasteiger partial charge in [0.1, 0.15) is 0 Å². The molecule has 7 heteroatoms. The van der Waals surface area contributed by atoms with Crippen molar-refractivity contribution < 1.29 is 14.4 Å². The van der Waals surface area contributed by atoms with Crippen molar-refractivity contribution in [1.29, 1.82) is 0 Å². The van der Waals surface area contributed by atoms with Crippen LogP contribution in [0.2, 0.25) is 0 Å². The van der Waals surface area contributed by atoms with E-state index in [0.717, 1.165) is 12.1 Å². The molecule has 7 nitrogen and oxygen atoms in total. The van der Waals surface area contributed by atoms with E-state index in [-0.39, 0.29) is 36.3 Å². The first kappa shape index (κ1) is 22.9. The fraction of sp³-hybridized carbons (Fsp3) is 0.348. The summed E-state index contributed by atoms with van der Waals surface area (Å²) in [6.07, 6.45) is 0.844. The van der Waals surface area contributed by atoms with Crippen LogP contribution in [-0.2, 0) is 4.79 Å². The van der Waals surface area contributed by atoms with Gasteiger partial charge in [-0.3, -0.25) is 14.4 Å². The zero-order valence-corrected chi connectivity index (χ0v) is 17.9. The maximum Gasteiger partial charge on any atom is 0.251 e. The number of hydrogen-bond donors (Lipinski definition) is 4. The highest BCUT2D eigenvalue weighted by Crippen LogP contribution is 2.12. The van der Waals surface area contributed by atoms with E-state index in [9.17, 15) is 14.4 Å². The van der Waals surface area contributed by atoms with Crippen LogP contribution in [0.5, 0.6) is 0 Å². The van der Waals surface area contributed by atoms with Crippen LogP contribution in [0.15, 0.2) is 48.5 Å². The number of benzene rings is 2. The first-order chi connectivity index (χ1) is 14.3. The lowest BCUT2D eigenvalue weighted by Crippen LogP contribution is -2.32. The standard InChI is InChI=1S/C23H30N4O3/c1-5-16(4)26-23(30)18-7-6-8-20(13-18)27-21(28)14-24-19-11-9-17(10-12-19)22(29)25-15(2)3/h6-13,15-16,24H,5,14H2,1-4H3,(H,25,29)(H,26,30)(H,27,28). The van der Waals surface area contributed by atoms with Crippen LogP contribution in [0.3, 0.4) is 0 Å². The number of rotatable bonds is 9. The number of hydrogen-bond acceptors (Lipinski definition) is 4. The van der Waals surface area contributed by atoms with Gasteiger partial charge in [-0.1, -0.05) is 13.0 Å². The van der Waals surface area contributed by atoms with Gasteiger partial charge in [0, 0.05) is 34.6 Å². The Bertz CT molecular complexity index is 878. The van der Waals surface area contributed by atoms with Crippen LogP contribution in [0, 0.1) is 0 Å². The first-order valence-electron chi connectivity index (χ1n) is 10.1. The van der Waals surface area contributed by atoms with E-state index in [0.29, 0.717) is 16.8 Å². The van der Waals surface area contributed by atoms with Crippen molar-refractivity contribution in [3.05, 3.63) is 59.7 Å². The van der Waals surface area contributed by atoms with Crippen LogP contribution < -0.4 is 21.3 Å². The van der Waals surface area contributed by atoms with Crippen molar-refractivity contribution in [2.45, 2.75) is 46.2 Å². The smallest absolute Gasteiger partial charge is 0.251 e. The van der Waals surface area contributed by atoms with Crippen LogP contribution in [0.1, 0.15) is 54.8 Å². The minimum Gasteiger partial charge on any atom is -0.376 e. The van der Waals surface area contributed by atoms with E-state index in [2.05, 4.69) is 21.3 Å². The van der Waals surface area contributed by atoms with Gasteiger partial charge in [0.05, 0.1) is 6.54 Å². The molecule has 0 saturated carbocycles. The molecule has 30 heavy (non-hydrogen) atoms. The molecule has 1 atom stereocenters. The molecule has 4 N–H and O–H groups in total. The topological polar surface area (TPSA) is 99.3 Å². The van der Waals surface area contributed by atoms with Crippen LogP contribution in [-0.4, -0.2) is 36.3 Å². The molecule has 160 valence electrons. The summed E-state index contributed by atoms with van der Waals surface area (Å²) in [6, 6.07) is 13.9. The van der Waals surface area contributed by atoms with Gasteiger partial charge in [0.2, 0.25) is 5.91 Å². The van der Waals surface area contributed by atoms with E-state index in [1.807, 2.05) is 27.7 Å². The third kappa shape index (κ3) is 7.24. The fourth-order valence-electron chi connectivity index (χ4n) is 2.62. The van der Waals surface area contributed by atoms with Gasteiger partial charge in [0.15, 0.2) is 0 Å². The second-order valence-electron chi connectivity index (χ2n) is 7.47. The molecular formula is C23H30N4O3. The van der Waals surface area contributed by atoms with E-state index in [1.165, 1.54) is 0 Å². The summed E-state index contributed by atoms with van der Waals surface area (Å²) in [4.78, 5) is 36.4. The molecule has 0 bridgehead atoms. The largest absolute Gasteiger partial charge is 0.376 e. The normalized spacial score (nSPS) is 11.5. The molecule has 0 aliphatic heterocycles. The van der Waals surface area contributed by atoms with Crippen molar-refractivity contribution in [3.8, 4) is 0 Å². The summed E-state index contributed by atoms with van der Waals surface area (Å²) in [5.41, 5.74) is 2.34. The summed E-state index contributed by atoms with van der Waals surface area (Å²) >= 11 is 0. The molecule has 3 amide bonds. The molecule has 0 heterocycles. The molecule has 0 saturated heterocycles. The van der Waals surface area contributed by atoms with Crippen molar-refractivity contribution in [2.75, 3.05) is 17.2 Å². The Labute approximate surface area is 177 Å². The Balaban J connectivity index is 1.88. The first-order valence-corrected chi connectivity index (χ1v) is 10.1. The van der Waals surface area contributed by atoms with Crippen molar-refractivity contribution >= 4 is 29.1 Å². The quantitative estimate of drug-likeness (QED) is 0.509. The van der Waals surface area contributed by atoms with E-state index in [1.54, 1.807) is 48.5 Å². The van der Waals surface area contributed by atoms with Crippen LogP contribution in [0.4, 0.5) is 11.4 Å². The third-order valence-corrected chi connectivity index (χ3v) is 4.42.